The lowest BCUT2D eigenvalue weighted by atomic mass is 10.0. The predicted octanol–water partition coefficient (Wildman–Crippen LogP) is 1.21. The largest absolute Gasteiger partial charge is 0.399 e. The first-order valence-electron chi connectivity index (χ1n) is 5.52. The van der Waals surface area contributed by atoms with E-state index in [2.05, 4.69) is 10.2 Å². The number of nitrogens with zero attached hydrogens (tertiary/aromatic N) is 3. The van der Waals surface area contributed by atoms with Gasteiger partial charge in [-0.2, -0.15) is 0 Å². The number of hydrogen-bond donors (Lipinski definition) is 1. The van der Waals surface area contributed by atoms with Gasteiger partial charge in [0.1, 0.15) is 5.82 Å². The average Bonchev–Trinajstić information content (AvgIpc) is 2.73. The van der Waals surface area contributed by atoms with Gasteiger partial charge in [0.25, 0.3) is 0 Å². The summed E-state index contributed by atoms with van der Waals surface area (Å²) in [6, 6.07) is 3.70. The molecule has 5 nitrogen and oxygen atoms in total. The van der Waals surface area contributed by atoms with Crippen LogP contribution in [0.4, 0.5) is 5.69 Å². The topological polar surface area (TPSA) is 65.4 Å². The van der Waals surface area contributed by atoms with Gasteiger partial charge in [-0.1, -0.05) is 0 Å². The van der Waals surface area contributed by atoms with Gasteiger partial charge >= 0.3 is 0 Å². The minimum absolute atomic E-state index is 0.354. The SMILES string of the molecule is Nc1ccn2c(C3CCCOC3)nnc2c1. The number of pyridine rings is 1. The molecule has 0 amide bonds. The van der Waals surface area contributed by atoms with E-state index in [4.69, 9.17) is 10.5 Å². The first-order chi connectivity index (χ1) is 7.84. The third kappa shape index (κ3) is 1.53. The Hall–Kier alpha value is -1.62. The smallest absolute Gasteiger partial charge is 0.162 e. The van der Waals surface area contributed by atoms with Crippen molar-refractivity contribution in [1.29, 1.82) is 0 Å². The second-order valence-corrected chi connectivity index (χ2v) is 4.16. The molecule has 5 heteroatoms. The van der Waals surface area contributed by atoms with Crippen molar-refractivity contribution in [3.05, 3.63) is 24.2 Å². The Morgan fingerprint density at radius 1 is 1.44 bits per heavy atom. The van der Waals surface area contributed by atoms with Crippen molar-refractivity contribution in [1.82, 2.24) is 14.6 Å². The number of rotatable bonds is 1. The molecule has 0 aliphatic carbocycles. The first-order valence-corrected chi connectivity index (χ1v) is 5.52. The summed E-state index contributed by atoms with van der Waals surface area (Å²) in [5, 5.41) is 8.37. The zero-order valence-electron chi connectivity index (χ0n) is 8.97. The van der Waals surface area contributed by atoms with Crippen LogP contribution in [0.3, 0.4) is 0 Å². The molecule has 0 bridgehead atoms. The van der Waals surface area contributed by atoms with Gasteiger partial charge < -0.3 is 10.5 Å². The quantitative estimate of drug-likeness (QED) is 0.781. The highest BCUT2D eigenvalue weighted by atomic mass is 16.5. The Kier molecular flexibility index (Phi) is 2.25. The Balaban J connectivity index is 2.03. The maximum atomic E-state index is 5.71. The standard InChI is InChI=1S/C11H14N4O/c12-9-3-4-15-10(6-9)13-14-11(15)8-2-1-5-16-7-8/h3-4,6,8H,1-2,5,7,12H2. The van der Waals surface area contributed by atoms with Crippen LogP contribution in [0.1, 0.15) is 24.6 Å². The second-order valence-electron chi connectivity index (χ2n) is 4.16. The third-order valence-corrected chi connectivity index (χ3v) is 2.99. The van der Waals surface area contributed by atoms with Crippen LogP contribution in [0.5, 0.6) is 0 Å². The van der Waals surface area contributed by atoms with E-state index in [1.165, 1.54) is 0 Å². The van der Waals surface area contributed by atoms with E-state index in [9.17, 15) is 0 Å². The molecule has 0 radical (unpaired) electrons. The maximum absolute atomic E-state index is 5.71. The highest BCUT2D eigenvalue weighted by Gasteiger charge is 2.21. The highest BCUT2D eigenvalue weighted by Crippen LogP contribution is 2.24. The molecular formula is C11H14N4O. The summed E-state index contributed by atoms with van der Waals surface area (Å²) in [7, 11) is 0. The number of fused-ring (bicyclic) bond motifs is 1. The van der Waals surface area contributed by atoms with Crippen molar-refractivity contribution in [3.63, 3.8) is 0 Å². The zero-order chi connectivity index (χ0) is 11.0. The van der Waals surface area contributed by atoms with Gasteiger partial charge in [0.15, 0.2) is 5.65 Å². The van der Waals surface area contributed by atoms with E-state index in [1.54, 1.807) is 0 Å². The molecule has 16 heavy (non-hydrogen) atoms. The summed E-state index contributed by atoms with van der Waals surface area (Å²) in [6.45, 7) is 1.60. The fourth-order valence-corrected chi connectivity index (χ4v) is 2.15. The maximum Gasteiger partial charge on any atom is 0.162 e. The van der Waals surface area contributed by atoms with Crippen LogP contribution in [-0.4, -0.2) is 27.8 Å². The summed E-state index contributed by atoms with van der Waals surface area (Å²) in [6.07, 6.45) is 4.13. The molecule has 1 unspecified atom stereocenters. The van der Waals surface area contributed by atoms with Gasteiger partial charge in [-0.25, -0.2) is 0 Å². The van der Waals surface area contributed by atoms with Gasteiger partial charge in [-0.05, 0) is 18.9 Å². The van der Waals surface area contributed by atoms with E-state index in [-0.39, 0.29) is 0 Å². The van der Waals surface area contributed by atoms with Crippen LogP contribution in [0, 0.1) is 0 Å². The van der Waals surface area contributed by atoms with E-state index in [0.29, 0.717) is 11.6 Å². The number of aromatic nitrogens is 3. The summed E-state index contributed by atoms with van der Waals surface area (Å²) in [5.41, 5.74) is 7.23. The number of hydrogen-bond acceptors (Lipinski definition) is 4. The summed E-state index contributed by atoms with van der Waals surface area (Å²) in [4.78, 5) is 0. The average molecular weight is 218 g/mol. The van der Waals surface area contributed by atoms with Crippen LogP contribution in [0.25, 0.3) is 5.65 Å². The molecule has 1 aliphatic rings. The van der Waals surface area contributed by atoms with Gasteiger partial charge in [0, 0.05) is 30.5 Å². The Morgan fingerprint density at radius 3 is 3.19 bits per heavy atom. The minimum atomic E-state index is 0.354. The molecule has 84 valence electrons. The molecule has 3 rings (SSSR count). The number of nitrogen functional groups attached to an aromatic ring is 1. The van der Waals surface area contributed by atoms with Crippen molar-refractivity contribution < 1.29 is 4.74 Å². The van der Waals surface area contributed by atoms with Gasteiger partial charge in [-0.15, -0.1) is 10.2 Å². The predicted molar refractivity (Wildman–Crippen MR) is 60.2 cm³/mol. The monoisotopic (exact) mass is 218 g/mol. The molecule has 2 N–H and O–H groups in total. The molecule has 1 fully saturated rings. The number of anilines is 1. The van der Waals surface area contributed by atoms with E-state index < -0.39 is 0 Å². The fourth-order valence-electron chi connectivity index (χ4n) is 2.15. The molecule has 2 aromatic heterocycles. The molecule has 1 aliphatic heterocycles. The molecule has 0 saturated carbocycles. The van der Waals surface area contributed by atoms with Crippen LogP contribution in [0.2, 0.25) is 0 Å². The molecular weight excluding hydrogens is 204 g/mol. The van der Waals surface area contributed by atoms with Crippen molar-refractivity contribution in [2.45, 2.75) is 18.8 Å². The Labute approximate surface area is 93.2 Å². The lowest BCUT2D eigenvalue weighted by Crippen LogP contribution is -2.17. The lowest BCUT2D eigenvalue weighted by molar-refractivity contribution is 0.0778. The van der Waals surface area contributed by atoms with Crippen molar-refractivity contribution in [2.24, 2.45) is 0 Å². The fraction of sp³-hybridized carbons (Fsp3) is 0.455. The van der Waals surface area contributed by atoms with Crippen molar-refractivity contribution in [3.8, 4) is 0 Å². The third-order valence-electron chi connectivity index (χ3n) is 2.99. The number of nitrogens with two attached hydrogens (primary N) is 1. The normalized spacial score (nSPS) is 21.4. The Morgan fingerprint density at radius 2 is 2.38 bits per heavy atom. The Bertz CT molecular complexity index is 502. The molecule has 2 aromatic rings. The van der Waals surface area contributed by atoms with Crippen molar-refractivity contribution >= 4 is 11.3 Å². The zero-order valence-corrected chi connectivity index (χ0v) is 8.97. The molecule has 1 saturated heterocycles. The van der Waals surface area contributed by atoms with Crippen LogP contribution in [0.15, 0.2) is 18.3 Å². The van der Waals surface area contributed by atoms with Crippen LogP contribution in [-0.2, 0) is 4.74 Å². The van der Waals surface area contributed by atoms with Crippen molar-refractivity contribution in [2.75, 3.05) is 18.9 Å². The first kappa shape index (κ1) is 9.59. The van der Waals surface area contributed by atoms with E-state index in [1.807, 2.05) is 22.7 Å². The molecule has 3 heterocycles. The molecule has 0 aromatic carbocycles. The van der Waals surface area contributed by atoms with E-state index in [0.717, 1.165) is 37.5 Å². The highest BCUT2D eigenvalue weighted by molar-refractivity contribution is 5.51. The summed E-state index contributed by atoms with van der Waals surface area (Å²) in [5.74, 6) is 1.34. The van der Waals surface area contributed by atoms with Gasteiger partial charge in [0.05, 0.1) is 6.61 Å². The van der Waals surface area contributed by atoms with E-state index >= 15 is 0 Å². The number of ether oxygens (including phenoxy) is 1. The molecule has 1 atom stereocenters. The van der Waals surface area contributed by atoms with Crippen LogP contribution >= 0.6 is 0 Å². The second kappa shape index (κ2) is 3.75. The lowest BCUT2D eigenvalue weighted by Gasteiger charge is -2.20. The van der Waals surface area contributed by atoms with Gasteiger partial charge in [-0.3, -0.25) is 4.40 Å². The summed E-state index contributed by atoms with van der Waals surface area (Å²) >= 11 is 0. The minimum Gasteiger partial charge on any atom is -0.399 e. The summed E-state index contributed by atoms with van der Waals surface area (Å²) < 4.78 is 7.47. The van der Waals surface area contributed by atoms with Crippen LogP contribution < -0.4 is 5.73 Å². The van der Waals surface area contributed by atoms with Gasteiger partial charge in [0.2, 0.25) is 0 Å². The molecule has 0 spiro atoms.